The van der Waals surface area contributed by atoms with Gasteiger partial charge in [-0.2, -0.15) is 5.26 Å². The van der Waals surface area contributed by atoms with Crippen molar-refractivity contribution in [3.05, 3.63) is 35.4 Å². The molecule has 1 fully saturated rings. The van der Waals surface area contributed by atoms with Crippen molar-refractivity contribution in [2.75, 3.05) is 19.3 Å². The quantitative estimate of drug-likeness (QED) is 0.901. The fraction of sp³-hybridized carbons (Fsp3) is 0.500. The second-order valence-corrected chi connectivity index (χ2v) is 7.03. The van der Waals surface area contributed by atoms with Crippen molar-refractivity contribution in [1.29, 1.82) is 5.26 Å². The maximum Gasteiger partial charge on any atom is 0.208 e. The summed E-state index contributed by atoms with van der Waals surface area (Å²) in [6.45, 7) is 2.61. The molecule has 1 N–H and O–H groups in total. The topological polar surface area (TPSA) is 73.2 Å². The first-order valence-corrected chi connectivity index (χ1v) is 8.54. The van der Waals surface area contributed by atoms with Crippen LogP contribution in [-0.4, -0.2) is 38.7 Å². The van der Waals surface area contributed by atoms with Gasteiger partial charge in [0.05, 0.1) is 17.9 Å². The van der Waals surface area contributed by atoms with E-state index in [2.05, 4.69) is 15.7 Å². The summed E-state index contributed by atoms with van der Waals surface area (Å²) in [5.41, 5.74) is 1.85. The SMILES string of the molecule is CS(=O)(=O)NC1CCN(Cc2ccc(C#N)cc2)CC1. The van der Waals surface area contributed by atoms with Crippen LogP contribution in [0.3, 0.4) is 0 Å². The van der Waals surface area contributed by atoms with E-state index in [1.54, 1.807) is 0 Å². The third-order valence-corrected chi connectivity index (χ3v) is 4.22. The van der Waals surface area contributed by atoms with Gasteiger partial charge >= 0.3 is 0 Å². The zero-order chi connectivity index (χ0) is 14.6. The Morgan fingerprint density at radius 2 is 1.90 bits per heavy atom. The Bertz CT molecular complexity index is 582. The molecule has 0 aliphatic carbocycles. The molecule has 1 aromatic carbocycles. The second kappa shape index (κ2) is 6.35. The van der Waals surface area contributed by atoms with E-state index in [1.807, 2.05) is 24.3 Å². The van der Waals surface area contributed by atoms with Crippen LogP contribution < -0.4 is 4.72 Å². The fourth-order valence-corrected chi connectivity index (χ4v) is 3.30. The van der Waals surface area contributed by atoms with E-state index in [0.29, 0.717) is 5.56 Å². The molecule has 1 heterocycles. The lowest BCUT2D eigenvalue weighted by atomic mass is 10.0. The Kier molecular flexibility index (Phi) is 4.76. The van der Waals surface area contributed by atoms with Gasteiger partial charge in [0.25, 0.3) is 0 Å². The van der Waals surface area contributed by atoms with Crippen LogP contribution in [0.1, 0.15) is 24.0 Å². The molecule has 0 spiro atoms. The van der Waals surface area contributed by atoms with Crippen LogP contribution in [-0.2, 0) is 16.6 Å². The van der Waals surface area contributed by atoms with Gasteiger partial charge in [0.15, 0.2) is 0 Å². The predicted molar refractivity (Wildman–Crippen MR) is 77.4 cm³/mol. The minimum absolute atomic E-state index is 0.0576. The van der Waals surface area contributed by atoms with Crippen LogP contribution >= 0.6 is 0 Å². The zero-order valence-corrected chi connectivity index (χ0v) is 12.4. The summed E-state index contributed by atoms with van der Waals surface area (Å²) < 4.78 is 25.0. The van der Waals surface area contributed by atoms with E-state index in [-0.39, 0.29) is 6.04 Å². The number of nitriles is 1. The second-order valence-electron chi connectivity index (χ2n) is 5.25. The molecule has 5 nitrogen and oxygen atoms in total. The van der Waals surface area contributed by atoms with Crippen LogP contribution in [0.2, 0.25) is 0 Å². The summed E-state index contributed by atoms with van der Waals surface area (Å²) in [7, 11) is -3.11. The van der Waals surface area contributed by atoms with Gasteiger partial charge < -0.3 is 0 Å². The molecule has 1 aliphatic heterocycles. The highest BCUT2D eigenvalue weighted by Gasteiger charge is 2.21. The summed E-state index contributed by atoms with van der Waals surface area (Å²) in [5, 5.41) is 8.76. The summed E-state index contributed by atoms with van der Waals surface area (Å²) in [6.07, 6.45) is 2.88. The number of benzene rings is 1. The van der Waals surface area contributed by atoms with Gasteiger partial charge in [-0.1, -0.05) is 12.1 Å². The Hall–Kier alpha value is -1.42. The van der Waals surface area contributed by atoms with Gasteiger partial charge in [0.2, 0.25) is 10.0 Å². The average Bonchev–Trinajstić information content (AvgIpc) is 2.40. The summed E-state index contributed by atoms with van der Waals surface area (Å²) >= 11 is 0. The lowest BCUT2D eigenvalue weighted by molar-refractivity contribution is 0.200. The zero-order valence-electron chi connectivity index (χ0n) is 11.5. The minimum Gasteiger partial charge on any atom is -0.299 e. The predicted octanol–water partition coefficient (Wildman–Crippen LogP) is 1.07. The molecule has 20 heavy (non-hydrogen) atoms. The summed E-state index contributed by atoms with van der Waals surface area (Å²) in [6, 6.07) is 9.76. The smallest absolute Gasteiger partial charge is 0.208 e. The van der Waals surface area contributed by atoms with E-state index < -0.39 is 10.0 Å². The Morgan fingerprint density at radius 1 is 1.30 bits per heavy atom. The molecule has 0 atom stereocenters. The number of rotatable bonds is 4. The van der Waals surface area contributed by atoms with E-state index in [1.165, 1.54) is 11.8 Å². The third kappa shape index (κ3) is 4.60. The Balaban J connectivity index is 1.83. The maximum atomic E-state index is 11.2. The van der Waals surface area contributed by atoms with Crippen LogP contribution in [0.25, 0.3) is 0 Å². The van der Waals surface area contributed by atoms with Gasteiger partial charge in [-0.25, -0.2) is 13.1 Å². The third-order valence-electron chi connectivity index (χ3n) is 3.46. The van der Waals surface area contributed by atoms with Gasteiger partial charge in [-0.15, -0.1) is 0 Å². The van der Waals surface area contributed by atoms with Crippen molar-refractivity contribution in [2.24, 2.45) is 0 Å². The molecule has 0 amide bonds. The van der Waals surface area contributed by atoms with Crippen molar-refractivity contribution in [2.45, 2.75) is 25.4 Å². The highest BCUT2D eigenvalue weighted by atomic mass is 32.2. The molecule has 1 aromatic rings. The molecule has 0 bridgehead atoms. The lowest BCUT2D eigenvalue weighted by Gasteiger charge is -2.31. The number of piperidine rings is 1. The lowest BCUT2D eigenvalue weighted by Crippen LogP contribution is -2.43. The molecule has 6 heteroatoms. The van der Waals surface area contributed by atoms with Gasteiger partial charge in [-0.05, 0) is 30.5 Å². The minimum atomic E-state index is -3.11. The van der Waals surface area contributed by atoms with E-state index >= 15 is 0 Å². The molecule has 1 saturated heterocycles. The number of sulfonamides is 1. The fourth-order valence-electron chi connectivity index (χ4n) is 2.45. The number of nitrogens with zero attached hydrogens (tertiary/aromatic N) is 2. The van der Waals surface area contributed by atoms with Crippen LogP contribution in [0.15, 0.2) is 24.3 Å². The standard InChI is InChI=1S/C14H19N3O2S/c1-20(18,19)16-14-6-8-17(9-7-14)11-13-4-2-12(10-15)3-5-13/h2-5,14,16H,6-9,11H2,1H3. The van der Waals surface area contributed by atoms with Crippen molar-refractivity contribution in [1.82, 2.24) is 9.62 Å². The molecule has 2 rings (SSSR count). The monoisotopic (exact) mass is 293 g/mol. The summed E-state index contributed by atoms with van der Waals surface area (Å²) in [4.78, 5) is 2.31. The van der Waals surface area contributed by atoms with Crippen molar-refractivity contribution in [3.63, 3.8) is 0 Å². The molecule has 0 saturated carbocycles. The first-order chi connectivity index (χ1) is 9.46. The van der Waals surface area contributed by atoms with Crippen LogP contribution in [0.5, 0.6) is 0 Å². The Morgan fingerprint density at radius 3 is 2.40 bits per heavy atom. The van der Waals surface area contributed by atoms with Crippen molar-refractivity contribution in [3.8, 4) is 6.07 Å². The number of likely N-dealkylation sites (tertiary alicyclic amines) is 1. The van der Waals surface area contributed by atoms with Crippen LogP contribution in [0.4, 0.5) is 0 Å². The van der Waals surface area contributed by atoms with Crippen molar-refractivity contribution < 1.29 is 8.42 Å². The normalized spacial score (nSPS) is 17.8. The highest BCUT2D eigenvalue weighted by Crippen LogP contribution is 2.14. The number of hydrogen-bond acceptors (Lipinski definition) is 4. The van der Waals surface area contributed by atoms with E-state index in [4.69, 9.17) is 5.26 Å². The first-order valence-electron chi connectivity index (χ1n) is 6.65. The number of nitrogens with one attached hydrogen (secondary N) is 1. The molecule has 0 aromatic heterocycles. The highest BCUT2D eigenvalue weighted by molar-refractivity contribution is 7.88. The van der Waals surface area contributed by atoms with Gasteiger partial charge in [0.1, 0.15) is 0 Å². The van der Waals surface area contributed by atoms with Gasteiger partial charge in [0, 0.05) is 25.7 Å². The first kappa shape index (κ1) is 15.0. The largest absolute Gasteiger partial charge is 0.299 e. The van der Waals surface area contributed by atoms with E-state index in [0.717, 1.165) is 32.5 Å². The molecular formula is C14H19N3O2S. The molecule has 108 valence electrons. The molecule has 0 radical (unpaired) electrons. The molecule has 0 unspecified atom stereocenters. The van der Waals surface area contributed by atoms with Crippen LogP contribution in [0, 0.1) is 11.3 Å². The maximum absolute atomic E-state index is 11.2. The Labute approximate surface area is 120 Å². The average molecular weight is 293 g/mol. The summed E-state index contributed by atoms with van der Waals surface area (Å²) in [5.74, 6) is 0. The van der Waals surface area contributed by atoms with Gasteiger partial charge in [-0.3, -0.25) is 4.90 Å². The number of hydrogen-bond donors (Lipinski definition) is 1. The van der Waals surface area contributed by atoms with Crippen molar-refractivity contribution >= 4 is 10.0 Å². The molecular weight excluding hydrogens is 274 g/mol. The van der Waals surface area contributed by atoms with E-state index in [9.17, 15) is 8.42 Å². The molecule has 1 aliphatic rings.